The number of hydrogen-bond donors (Lipinski definition) is 1. The zero-order chi connectivity index (χ0) is 25.9. The summed E-state index contributed by atoms with van der Waals surface area (Å²) in [5.74, 6) is -0.0112. The Morgan fingerprint density at radius 3 is 2.39 bits per heavy atom. The van der Waals surface area contributed by atoms with Crippen LogP contribution in [0, 0.1) is 11.3 Å². The minimum atomic E-state index is -4.29. The summed E-state index contributed by atoms with van der Waals surface area (Å²) in [7, 11) is -4.29. The molecule has 0 aliphatic heterocycles. The molecule has 36 heavy (non-hydrogen) atoms. The number of halogens is 4. The molecule has 1 aliphatic carbocycles. The minimum absolute atomic E-state index is 0.0520. The Hall–Kier alpha value is -3.24. The molecule has 3 aromatic rings. The van der Waals surface area contributed by atoms with Crippen molar-refractivity contribution in [1.29, 1.82) is 5.26 Å². The van der Waals surface area contributed by atoms with E-state index in [0.29, 0.717) is 16.6 Å². The fourth-order valence-corrected chi connectivity index (χ4v) is 5.57. The Morgan fingerprint density at radius 2 is 1.81 bits per heavy atom. The zero-order valence-electron chi connectivity index (χ0n) is 19.0. The molecule has 0 bridgehead atoms. The van der Waals surface area contributed by atoms with Crippen LogP contribution in [-0.2, 0) is 10.0 Å². The third-order valence-corrected chi connectivity index (χ3v) is 7.57. The maximum atomic E-state index is 12.9. The van der Waals surface area contributed by atoms with Crippen molar-refractivity contribution in [2.24, 2.45) is 0 Å². The van der Waals surface area contributed by atoms with E-state index in [0.717, 1.165) is 44.5 Å². The summed E-state index contributed by atoms with van der Waals surface area (Å²) in [6.45, 7) is -5.46. The Kier molecular flexibility index (Phi) is 7.75. The third kappa shape index (κ3) is 5.15. The van der Waals surface area contributed by atoms with Crippen molar-refractivity contribution in [3.8, 4) is 23.3 Å². The molecule has 0 radical (unpaired) electrons. The average molecular weight is 526 g/mol. The fraction of sp³-hybridized carbons (Fsp3) is 0.435. The number of fused-ring (bicyclic) bond motifs is 1. The molecule has 1 saturated carbocycles. The Bertz CT molecular complexity index is 1360. The van der Waals surface area contributed by atoms with Gasteiger partial charge in [0.2, 0.25) is 10.0 Å². The molecule has 1 aliphatic rings. The molecular formula is C23H23F4N5O3S. The molecule has 0 spiro atoms. The van der Waals surface area contributed by atoms with E-state index in [9.17, 15) is 31.2 Å². The van der Waals surface area contributed by atoms with E-state index in [-0.39, 0.29) is 23.2 Å². The van der Waals surface area contributed by atoms with Crippen LogP contribution in [0.2, 0.25) is 0 Å². The fourth-order valence-electron chi connectivity index (χ4n) is 4.49. The van der Waals surface area contributed by atoms with Gasteiger partial charge in [-0.15, -0.1) is 0 Å². The van der Waals surface area contributed by atoms with Crippen molar-refractivity contribution in [3.05, 3.63) is 36.2 Å². The normalized spacial score (nSPS) is 15.0. The van der Waals surface area contributed by atoms with Gasteiger partial charge in [-0.1, -0.05) is 19.3 Å². The Morgan fingerprint density at radius 1 is 1.14 bits per heavy atom. The number of ether oxygens (including phenoxy) is 1. The van der Waals surface area contributed by atoms with Gasteiger partial charge in [0.15, 0.2) is 5.82 Å². The van der Waals surface area contributed by atoms with Crippen molar-refractivity contribution in [2.75, 3.05) is 13.3 Å². The van der Waals surface area contributed by atoms with Gasteiger partial charge in [-0.3, -0.25) is 0 Å². The first-order valence-electron chi connectivity index (χ1n) is 11.3. The Labute approximate surface area is 205 Å². The number of nitrogens with one attached hydrogen (secondary N) is 1. The van der Waals surface area contributed by atoms with E-state index in [1.807, 2.05) is 9.29 Å². The van der Waals surface area contributed by atoms with Gasteiger partial charge < -0.3 is 9.30 Å². The summed E-state index contributed by atoms with van der Waals surface area (Å²) < 4.78 is 84.6. The molecule has 0 amide bonds. The largest absolute Gasteiger partial charge is 0.435 e. The molecule has 0 unspecified atom stereocenters. The van der Waals surface area contributed by atoms with E-state index in [1.165, 1.54) is 18.2 Å². The molecule has 13 heteroatoms. The van der Waals surface area contributed by atoms with Gasteiger partial charge in [-0.2, -0.15) is 14.0 Å². The summed E-state index contributed by atoms with van der Waals surface area (Å²) in [4.78, 5) is 7.93. The van der Waals surface area contributed by atoms with Crippen molar-refractivity contribution in [1.82, 2.24) is 19.3 Å². The van der Waals surface area contributed by atoms with Crippen LogP contribution < -0.4 is 9.46 Å². The van der Waals surface area contributed by atoms with Gasteiger partial charge in [0.05, 0.1) is 29.5 Å². The number of nitriles is 1. The summed E-state index contributed by atoms with van der Waals surface area (Å²) in [5, 5.41) is 10.5. The first-order valence-corrected chi connectivity index (χ1v) is 12.8. The van der Waals surface area contributed by atoms with Crippen LogP contribution in [0.1, 0.15) is 43.7 Å². The number of rotatable bonds is 9. The lowest BCUT2D eigenvalue weighted by atomic mass is 9.95. The molecule has 2 aromatic heterocycles. The zero-order valence-corrected chi connectivity index (χ0v) is 19.8. The molecule has 0 atom stereocenters. The highest BCUT2D eigenvalue weighted by atomic mass is 32.2. The standard InChI is InChI=1S/C23H23F4N5O3S/c24-9-14(10-25)31-36(33,34)17-12-29-22(30-13-17)21-19(11-28)18-7-6-16(35-23(26)27)8-20(18)32(21)15-4-2-1-3-5-15/h6-8,12-15,23,31H,1-5,9-10H2. The van der Waals surface area contributed by atoms with Crippen LogP contribution in [0.5, 0.6) is 5.75 Å². The van der Waals surface area contributed by atoms with Crippen LogP contribution in [0.25, 0.3) is 22.4 Å². The minimum Gasteiger partial charge on any atom is -0.435 e. The second kappa shape index (κ2) is 10.8. The van der Waals surface area contributed by atoms with E-state index in [1.54, 1.807) is 0 Å². The molecule has 1 aromatic carbocycles. The number of alkyl halides is 4. The lowest BCUT2D eigenvalue weighted by Crippen LogP contribution is -2.38. The predicted octanol–water partition coefficient (Wildman–Crippen LogP) is 4.66. The van der Waals surface area contributed by atoms with Crippen molar-refractivity contribution < 1.29 is 30.7 Å². The first kappa shape index (κ1) is 25.8. The lowest BCUT2D eigenvalue weighted by molar-refractivity contribution is -0.0497. The van der Waals surface area contributed by atoms with E-state index in [2.05, 4.69) is 20.8 Å². The smallest absolute Gasteiger partial charge is 0.387 e. The molecule has 1 N–H and O–H groups in total. The number of aromatic nitrogens is 3. The van der Waals surface area contributed by atoms with E-state index in [4.69, 9.17) is 0 Å². The third-order valence-electron chi connectivity index (χ3n) is 6.10. The molecular weight excluding hydrogens is 502 g/mol. The van der Waals surface area contributed by atoms with Gasteiger partial charge in [0, 0.05) is 17.5 Å². The van der Waals surface area contributed by atoms with E-state index >= 15 is 0 Å². The maximum Gasteiger partial charge on any atom is 0.387 e. The van der Waals surface area contributed by atoms with Gasteiger partial charge in [-0.05, 0) is 25.0 Å². The summed E-state index contributed by atoms with van der Waals surface area (Å²) >= 11 is 0. The predicted molar refractivity (Wildman–Crippen MR) is 122 cm³/mol. The second-order valence-electron chi connectivity index (χ2n) is 8.42. The van der Waals surface area contributed by atoms with Crippen molar-refractivity contribution in [3.63, 3.8) is 0 Å². The number of benzene rings is 1. The van der Waals surface area contributed by atoms with Crippen LogP contribution in [0.15, 0.2) is 35.5 Å². The molecule has 8 nitrogen and oxygen atoms in total. The topological polar surface area (TPSA) is 110 Å². The highest BCUT2D eigenvalue weighted by Crippen LogP contribution is 2.40. The van der Waals surface area contributed by atoms with Crippen LogP contribution in [-0.4, -0.2) is 49.0 Å². The summed E-state index contributed by atoms with van der Waals surface area (Å²) in [5.41, 5.74) is 1.04. The first-order chi connectivity index (χ1) is 17.3. The summed E-state index contributed by atoms with van der Waals surface area (Å²) in [6.07, 6.45) is 6.48. The maximum absolute atomic E-state index is 12.9. The quantitative estimate of drug-likeness (QED) is 0.407. The second-order valence-corrected chi connectivity index (χ2v) is 10.1. The monoisotopic (exact) mass is 525 g/mol. The van der Waals surface area contributed by atoms with Gasteiger partial charge in [0.25, 0.3) is 0 Å². The number of nitrogens with zero attached hydrogens (tertiary/aromatic N) is 4. The molecule has 192 valence electrons. The molecule has 4 rings (SSSR count). The van der Waals surface area contributed by atoms with Crippen molar-refractivity contribution in [2.45, 2.75) is 55.7 Å². The van der Waals surface area contributed by atoms with Crippen LogP contribution in [0.3, 0.4) is 0 Å². The average Bonchev–Trinajstić information content (AvgIpc) is 3.21. The molecule has 1 fully saturated rings. The highest BCUT2D eigenvalue weighted by Gasteiger charge is 2.28. The Balaban J connectivity index is 1.84. The summed E-state index contributed by atoms with van der Waals surface area (Å²) in [6, 6.07) is 4.85. The van der Waals surface area contributed by atoms with E-state index < -0.39 is 40.9 Å². The van der Waals surface area contributed by atoms with Crippen LogP contribution >= 0.6 is 0 Å². The molecule has 2 heterocycles. The van der Waals surface area contributed by atoms with Gasteiger partial charge in [0.1, 0.15) is 35.8 Å². The molecule has 0 saturated heterocycles. The lowest BCUT2D eigenvalue weighted by Gasteiger charge is -2.26. The van der Waals surface area contributed by atoms with Gasteiger partial charge in [-0.25, -0.2) is 31.9 Å². The van der Waals surface area contributed by atoms with Crippen molar-refractivity contribution >= 4 is 20.9 Å². The van der Waals surface area contributed by atoms with Crippen LogP contribution in [0.4, 0.5) is 17.6 Å². The number of sulfonamides is 1. The highest BCUT2D eigenvalue weighted by molar-refractivity contribution is 7.89. The SMILES string of the molecule is N#Cc1c(-c2ncc(S(=O)(=O)NC(CF)CF)cn2)n(C2CCCCC2)c2cc(OC(F)F)ccc12. The number of hydrogen-bond acceptors (Lipinski definition) is 6. The van der Waals surface area contributed by atoms with Gasteiger partial charge >= 0.3 is 6.61 Å².